The lowest BCUT2D eigenvalue weighted by Gasteiger charge is -2.22. The second-order valence-corrected chi connectivity index (χ2v) is 7.15. The Morgan fingerprint density at radius 2 is 2.08 bits per heavy atom. The van der Waals surface area contributed by atoms with Crippen molar-refractivity contribution in [2.24, 2.45) is 0 Å². The molecular weight excluding hydrogens is 332 g/mol. The highest BCUT2D eigenvalue weighted by Gasteiger charge is 2.23. The van der Waals surface area contributed by atoms with Gasteiger partial charge in [0.15, 0.2) is 11.0 Å². The minimum Gasteiger partial charge on any atom is -0.342 e. The van der Waals surface area contributed by atoms with Gasteiger partial charge in [0.25, 0.3) is 0 Å². The van der Waals surface area contributed by atoms with Gasteiger partial charge in [-0.25, -0.2) is 0 Å². The van der Waals surface area contributed by atoms with Crippen LogP contribution < -0.4 is 0 Å². The lowest BCUT2D eigenvalue weighted by molar-refractivity contribution is -0.129. The Hall–Kier alpha value is -2.08. The summed E-state index contributed by atoms with van der Waals surface area (Å²) < 4.78 is 2.01. The predicted molar refractivity (Wildman–Crippen MR) is 104 cm³/mol. The van der Waals surface area contributed by atoms with Gasteiger partial charge < -0.3 is 4.90 Å². The second kappa shape index (κ2) is 8.85. The zero-order chi connectivity index (χ0) is 18.4. The molecule has 5 nitrogen and oxygen atoms in total. The van der Waals surface area contributed by atoms with E-state index in [-0.39, 0.29) is 11.2 Å². The van der Waals surface area contributed by atoms with E-state index in [1.165, 1.54) is 17.3 Å². The van der Waals surface area contributed by atoms with E-state index >= 15 is 0 Å². The minimum absolute atomic E-state index is 0.125. The fraction of sp³-hybridized carbons (Fsp3) is 0.421. The first-order chi connectivity index (χ1) is 12.0. The van der Waals surface area contributed by atoms with Gasteiger partial charge in [0.1, 0.15) is 0 Å². The molecule has 0 spiro atoms. The van der Waals surface area contributed by atoms with Crippen LogP contribution in [0.5, 0.6) is 0 Å². The molecule has 0 N–H and O–H groups in total. The Labute approximate surface area is 154 Å². The summed E-state index contributed by atoms with van der Waals surface area (Å²) in [6.45, 7) is 13.8. The fourth-order valence-corrected chi connectivity index (χ4v) is 3.61. The molecule has 1 heterocycles. The maximum atomic E-state index is 12.5. The maximum absolute atomic E-state index is 12.5. The number of amides is 1. The van der Waals surface area contributed by atoms with Gasteiger partial charge in [0.2, 0.25) is 5.91 Å². The lowest BCUT2D eigenvalue weighted by Crippen LogP contribution is -2.36. The molecule has 1 unspecified atom stereocenters. The summed E-state index contributed by atoms with van der Waals surface area (Å²) in [6.07, 6.45) is 1.82. The van der Waals surface area contributed by atoms with E-state index in [0.717, 1.165) is 16.5 Å². The van der Waals surface area contributed by atoms with Crippen LogP contribution in [0, 0.1) is 6.92 Å². The van der Waals surface area contributed by atoms with Crippen LogP contribution in [0.1, 0.15) is 26.3 Å². The van der Waals surface area contributed by atoms with E-state index < -0.39 is 0 Å². The number of aromatic nitrogens is 3. The summed E-state index contributed by atoms with van der Waals surface area (Å²) >= 11 is 1.45. The van der Waals surface area contributed by atoms with Crippen molar-refractivity contribution in [3.8, 4) is 11.4 Å². The standard InChI is InChI=1S/C19H26N4OS/c1-6-12-23-17(16-11-9-10-14(4)13-16)20-21-19(23)25-15(5)18(24)22(7-2)8-3/h6,9-11,13,15H,1,7-8,12H2,2-5H3. The van der Waals surface area contributed by atoms with Crippen LogP contribution in [0.4, 0.5) is 0 Å². The molecule has 0 fully saturated rings. The molecule has 0 aliphatic rings. The highest BCUT2D eigenvalue weighted by atomic mass is 32.2. The number of thioether (sulfide) groups is 1. The number of aryl methyl sites for hydroxylation is 1. The number of benzene rings is 1. The van der Waals surface area contributed by atoms with Crippen molar-refractivity contribution < 1.29 is 4.79 Å². The number of nitrogens with zero attached hydrogens (tertiary/aromatic N) is 4. The van der Waals surface area contributed by atoms with E-state index in [4.69, 9.17) is 0 Å². The number of allylic oxidation sites excluding steroid dienone is 1. The summed E-state index contributed by atoms with van der Waals surface area (Å²) in [7, 11) is 0. The molecule has 0 aliphatic carbocycles. The number of carbonyl (C=O) groups is 1. The summed E-state index contributed by atoms with van der Waals surface area (Å²) in [5, 5.41) is 9.22. The monoisotopic (exact) mass is 358 g/mol. The number of hydrogen-bond acceptors (Lipinski definition) is 4. The van der Waals surface area contributed by atoms with Crippen LogP contribution in [0.2, 0.25) is 0 Å². The molecule has 0 saturated carbocycles. The summed E-state index contributed by atoms with van der Waals surface area (Å²) in [5.74, 6) is 0.925. The Balaban J connectivity index is 2.30. The molecule has 1 amide bonds. The van der Waals surface area contributed by atoms with Crippen molar-refractivity contribution >= 4 is 17.7 Å². The van der Waals surface area contributed by atoms with Gasteiger partial charge in [-0.3, -0.25) is 9.36 Å². The van der Waals surface area contributed by atoms with Gasteiger partial charge in [-0.2, -0.15) is 0 Å². The number of carbonyl (C=O) groups excluding carboxylic acids is 1. The molecule has 0 aliphatic heterocycles. The van der Waals surface area contributed by atoms with Gasteiger partial charge >= 0.3 is 0 Å². The average Bonchev–Trinajstić information content (AvgIpc) is 2.99. The zero-order valence-electron chi connectivity index (χ0n) is 15.4. The molecule has 1 atom stereocenters. The quantitative estimate of drug-likeness (QED) is 0.532. The Kier molecular flexibility index (Phi) is 6.82. The van der Waals surface area contributed by atoms with Crippen LogP contribution in [0.3, 0.4) is 0 Å². The number of hydrogen-bond donors (Lipinski definition) is 0. The van der Waals surface area contributed by atoms with Gasteiger partial charge in [-0.15, -0.1) is 16.8 Å². The predicted octanol–water partition coefficient (Wildman–Crippen LogP) is 3.79. The third kappa shape index (κ3) is 4.51. The maximum Gasteiger partial charge on any atom is 0.235 e. The van der Waals surface area contributed by atoms with E-state index in [1.54, 1.807) is 0 Å². The Morgan fingerprint density at radius 1 is 1.36 bits per heavy atom. The van der Waals surface area contributed by atoms with Crippen LogP contribution >= 0.6 is 11.8 Å². The molecule has 134 valence electrons. The molecule has 1 aromatic heterocycles. The van der Waals surface area contributed by atoms with E-state index in [1.807, 2.05) is 48.4 Å². The van der Waals surface area contributed by atoms with Crippen LogP contribution in [0.25, 0.3) is 11.4 Å². The first-order valence-electron chi connectivity index (χ1n) is 8.58. The zero-order valence-corrected chi connectivity index (χ0v) is 16.2. The molecule has 0 saturated heterocycles. The van der Waals surface area contributed by atoms with Gasteiger partial charge in [0.05, 0.1) is 5.25 Å². The van der Waals surface area contributed by atoms with Gasteiger partial charge in [0, 0.05) is 25.2 Å². The van der Waals surface area contributed by atoms with Crippen LogP contribution in [-0.4, -0.2) is 43.9 Å². The second-order valence-electron chi connectivity index (χ2n) is 5.85. The highest BCUT2D eigenvalue weighted by molar-refractivity contribution is 8.00. The van der Waals surface area contributed by atoms with Gasteiger partial charge in [-0.1, -0.05) is 41.6 Å². The molecular formula is C19H26N4OS. The third-order valence-corrected chi connectivity index (χ3v) is 5.08. The summed E-state index contributed by atoms with van der Waals surface area (Å²) in [4.78, 5) is 14.4. The summed E-state index contributed by atoms with van der Waals surface area (Å²) in [6, 6.07) is 8.17. The topological polar surface area (TPSA) is 51.0 Å². The van der Waals surface area contributed by atoms with E-state index in [0.29, 0.717) is 19.6 Å². The molecule has 0 radical (unpaired) electrons. The number of rotatable bonds is 8. The van der Waals surface area contributed by atoms with Crippen molar-refractivity contribution in [1.29, 1.82) is 0 Å². The van der Waals surface area contributed by atoms with E-state index in [9.17, 15) is 4.79 Å². The Morgan fingerprint density at radius 3 is 2.68 bits per heavy atom. The molecule has 0 bridgehead atoms. The van der Waals surface area contributed by atoms with Gasteiger partial charge in [-0.05, 0) is 33.8 Å². The molecule has 2 aromatic rings. The molecule has 2 rings (SSSR count). The van der Waals surface area contributed by atoms with Crippen molar-refractivity contribution in [2.75, 3.05) is 13.1 Å². The summed E-state index contributed by atoms with van der Waals surface area (Å²) in [5.41, 5.74) is 2.19. The SMILES string of the molecule is C=CCn1c(SC(C)C(=O)N(CC)CC)nnc1-c1cccc(C)c1. The van der Waals surface area contributed by atoms with E-state index in [2.05, 4.69) is 35.8 Å². The van der Waals surface area contributed by atoms with Crippen LogP contribution in [-0.2, 0) is 11.3 Å². The Bertz CT molecular complexity index is 737. The van der Waals surface area contributed by atoms with Crippen molar-refractivity contribution in [3.63, 3.8) is 0 Å². The first kappa shape index (κ1) is 19.2. The highest BCUT2D eigenvalue weighted by Crippen LogP contribution is 2.28. The normalized spacial score (nSPS) is 12.0. The minimum atomic E-state index is -0.210. The van der Waals surface area contributed by atoms with Crippen molar-refractivity contribution in [1.82, 2.24) is 19.7 Å². The molecule has 6 heteroatoms. The van der Waals surface area contributed by atoms with Crippen molar-refractivity contribution in [2.45, 2.75) is 44.6 Å². The molecule has 1 aromatic carbocycles. The van der Waals surface area contributed by atoms with Crippen molar-refractivity contribution in [3.05, 3.63) is 42.5 Å². The smallest absolute Gasteiger partial charge is 0.235 e. The third-order valence-electron chi connectivity index (χ3n) is 4.01. The molecule has 25 heavy (non-hydrogen) atoms. The van der Waals surface area contributed by atoms with Crippen LogP contribution in [0.15, 0.2) is 42.1 Å². The largest absolute Gasteiger partial charge is 0.342 e. The lowest BCUT2D eigenvalue weighted by atomic mass is 10.1. The first-order valence-corrected chi connectivity index (χ1v) is 9.46. The average molecular weight is 359 g/mol. The fourth-order valence-electron chi connectivity index (χ4n) is 2.67.